The lowest BCUT2D eigenvalue weighted by atomic mass is 9.84. The molecule has 1 aliphatic heterocycles. The van der Waals surface area contributed by atoms with Gasteiger partial charge in [0.25, 0.3) is 5.91 Å². The zero-order valence-corrected chi connectivity index (χ0v) is 12.3. The smallest absolute Gasteiger partial charge is 0.253 e. The molecule has 0 radical (unpaired) electrons. The fourth-order valence-corrected chi connectivity index (χ4v) is 2.66. The standard InChI is InChI=1S/C17H22N2O/c1-17(2)9-5-11-19(13-17)16(20)15-8-3-6-14(12-15)7-4-10-18/h3,6,8,12H,5,9-11,13,18H2,1-2H3. The van der Waals surface area contributed by atoms with Crippen LogP contribution in [0.5, 0.6) is 0 Å². The van der Waals surface area contributed by atoms with Crippen molar-refractivity contribution in [1.82, 2.24) is 4.90 Å². The van der Waals surface area contributed by atoms with Crippen molar-refractivity contribution in [3.8, 4) is 11.8 Å². The SMILES string of the molecule is CC1(C)CCCN(C(=O)c2cccc(C#CCN)c2)C1. The van der Waals surface area contributed by atoms with Gasteiger partial charge in [0.1, 0.15) is 0 Å². The Morgan fingerprint density at radius 2 is 2.25 bits per heavy atom. The summed E-state index contributed by atoms with van der Waals surface area (Å²) in [5.74, 6) is 5.89. The molecular weight excluding hydrogens is 248 g/mol. The Hall–Kier alpha value is -1.79. The molecule has 1 amide bonds. The highest BCUT2D eigenvalue weighted by Crippen LogP contribution is 2.29. The summed E-state index contributed by atoms with van der Waals surface area (Å²) in [7, 11) is 0. The molecule has 1 fully saturated rings. The lowest BCUT2D eigenvalue weighted by Gasteiger charge is -2.38. The van der Waals surface area contributed by atoms with E-state index < -0.39 is 0 Å². The molecule has 1 aliphatic rings. The Morgan fingerprint density at radius 3 is 2.95 bits per heavy atom. The molecule has 20 heavy (non-hydrogen) atoms. The number of nitrogens with two attached hydrogens (primary N) is 1. The summed E-state index contributed by atoms with van der Waals surface area (Å²) in [6.07, 6.45) is 2.25. The first-order valence-electron chi connectivity index (χ1n) is 7.10. The van der Waals surface area contributed by atoms with E-state index >= 15 is 0 Å². The molecule has 0 atom stereocenters. The second kappa shape index (κ2) is 6.11. The maximum absolute atomic E-state index is 12.6. The summed E-state index contributed by atoms with van der Waals surface area (Å²) in [6.45, 7) is 6.44. The highest BCUT2D eigenvalue weighted by Gasteiger charge is 2.29. The lowest BCUT2D eigenvalue weighted by molar-refractivity contribution is 0.0583. The van der Waals surface area contributed by atoms with Gasteiger partial charge in [0.15, 0.2) is 0 Å². The molecule has 0 saturated carbocycles. The van der Waals surface area contributed by atoms with E-state index in [9.17, 15) is 4.79 Å². The number of hydrogen-bond donors (Lipinski definition) is 1. The van der Waals surface area contributed by atoms with Gasteiger partial charge in [-0.15, -0.1) is 0 Å². The van der Waals surface area contributed by atoms with Crippen molar-refractivity contribution in [3.63, 3.8) is 0 Å². The van der Waals surface area contributed by atoms with Crippen molar-refractivity contribution in [2.75, 3.05) is 19.6 Å². The topological polar surface area (TPSA) is 46.3 Å². The summed E-state index contributed by atoms with van der Waals surface area (Å²) in [5, 5.41) is 0. The number of hydrogen-bond acceptors (Lipinski definition) is 2. The number of piperidine rings is 1. The average molecular weight is 270 g/mol. The Labute approximate surface area is 121 Å². The third kappa shape index (κ3) is 3.61. The van der Waals surface area contributed by atoms with Crippen molar-refractivity contribution < 1.29 is 4.79 Å². The molecule has 3 nitrogen and oxygen atoms in total. The molecule has 0 unspecified atom stereocenters. The van der Waals surface area contributed by atoms with Gasteiger partial charge in [0, 0.05) is 24.2 Å². The Balaban J connectivity index is 2.16. The fraction of sp³-hybridized carbons (Fsp3) is 0.471. The maximum Gasteiger partial charge on any atom is 0.253 e. The van der Waals surface area contributed by atoms with Gasteiger partial charge < -0.3 is 10.6 Å². The number of carbonyl (C=O) groups is 1. The van der Waals surface area contributed by atoms with Crippen LogP contribution in [0, 0.1) is 17.3 Å². The van der Waals surface area contributed by atoms with Crippen molar-refractivity contribution in [2.24, 2.45) is 11.1 Å². The van der Waals surface area contributed by atoms with Crippen molar-refractivity contribution in [3.05, 3.63) is 35.4 Å². The predicted octanol–water partition coefficient (Wildman–Crippen LogP) is 2.26. The summed E-state index contributed by atoms with van der Waals surface area (Å²) in [6, 6.07) is 7.49. The molecule has 0 spiro atoms. The molecule has 1 aromatic carbocycles. The van der Waals surface area contributed by atoms with Gasteiger partial charge in [-0.3, -0.25) is 4.79 Å². The van der Waals surface area contributed by atoms with Crippen molar-refractivity contribution in [1.29, 1.82) is 0 Å². The van der Waals surface area contributed by atoms with E-state index in [1.807, 2.05) is 29.2 Å². The number of rotatable bonds is 1. The van der Waals surface area contributed by atoms with Crippen molar-refractivity contribution >= 4 is 5.91 Å². The monoisotopic (exact) mass is 270 g/mol. The highest BCUT2D eigenvalue weighted by atomic mass is 16.2. The number of carbonyl (C=O) groups excluding carboxylic acids is 1. The zero-order valence-electron chi connectivity index (χ0n) is 12.3. The van der Waals surface area contributed by atoms with Crippen LogP contribution < -0.4 is 5.73 Å². The van der Waals surface area contributed by atoms with Crippen LogP contribution >= 0.6 is 0 Å². The van der Waals surface area contributed by atoms with Gasteiger partial charge in [0.2, 0.25) is 0 Å². The molecule has 1 aromatic rings. The van der Waals surface area contributed by atoms with Crippen LogP contribution in [0.25, 0.3) is 0 Å². The molecule has 0 aromatic heterocycles. The molecule has 1 saturated heterocycles. The summed E-state index contributed by atoms with van der Waals surface area (Å²) >= 11 is 0. The summed E-state index contributed by atoms with van der Waals surface area (Å²) in [4.78, 5) is 14.5. The second-order valence-corrected chi connectivity index (χ2v) is 6.08. The normalized spacial score (nSPS) is 17.2. The molecule has 0 bridgehead atoms. The van der Waals surface area contributed by atoms with E-state index in [1.54, 1.807) is 0 Å². The molecule has 1 heterocycles. The quantitative estimate of drug-likeness (QED) is 0.796. The molecule has 0 aliphatic carbocycles. The summed E-state index contributed by atoms with van der Waals surface area (Å²) < 4.78 is 0. The van der Waals surface area contributed by atoms with Crippen LogP contribution in [0.4, 0.5) is 0 Å². The van der Waals surface area contributed by atoms with E-state index in [0.717, 1.165) is 25.1 Å². The van der Waals surface area contributed by atoms with Gasteiger partial charge in [-0.25, -0.2) is 0 Å². The average Bonchev–Trinajstić information content (AvgIpc) is 2.43. The maximum atomic E-state index is 12.6. The highest BCUT2D eigenvalue weighted by molar-refractivity contribution is 5.94. The van der Waals surface area contributed by atoms with Crippen LogP contribution in [-0.2, 0) is 0 Å². The fourth-order valence-electron chi connectivity index (χ4n) is 2.66. The molecular formula is C17H22N2O. The van der Waals surface area contributed by atoms with E-state index in [-0.39, 0.29) is 11.3 Å². The van der Waals surface area contributed by atoms with Gasteiger partial charge in [-0.2, -0.15) is 0 Å². The van der Waals surface area contributed by atoms with E-state index in [2.05, 4.69) is 25.7 Å². The molecule has 3 heteroatoms. The molecule has 106 valence electrons. The van der Waals surface area contributed by atoms with Gasteiger partial charge in [-0.1, -0.05) is 31.8 Å². The minimum atomic E-state index is 0.106. The summed E-state index contributed by atoms with van der Waals surface area (Å²) in [5.41, 5.74) is 7.14. The van der Waals surface area contributed by atoms with E-state index in [1.165, 1.54) is 6.42 Å². The largest absolute Gasteiger partial charge is 0.338 e. The third-order valence-corrected chi connectivity index (χ3v) is 3.63. The Bertz CT molecular complexity index is 552. The second-order valence-electron chi connectivity index (χ2n) is 6.08. The molecule has 2 N–H and O–H groups in total. The third-order valence-electron chi connectivity index (χ3n) is 3.63. The first kappa shape index (κ1) is 14.6. The minimum Gasteiger partial charge on any atom is -0.338 e. The van der Waals surface area contributed by atoms with Crippen molar-refractivity contribution in [2.45, 2.75) is 26.7 Å². The predicted molar refractivity (Wildman–Crippen MR) is 81.3 cm³/mol. The Kier molecular flexibility index (Phi) is 4.46. The van der Waals surface area contributed by atoms with E-state index in [0.29, 0.717) is 12.1 Å². The van der Waals surface area contributed by atoms with Gasteiger partial charge >= 0.3 is 0 Å². The number of benzene rings is 1. The van der Waals surface area contributed by atoms with Crippen LogP contribution in [0.2, 0.25) is 0 Å². The lowest BCUT2D eigenvalue weighted by Crippen LogP contribution is -2.43. The number of amides is 1. The van der Waals surface area contributed by atoms with Crippen LogP contribution in [0.3, 0.4) is 0 Å². The first-order valence-corrected chi connectivity index (χ1v) is 7.10. The minimum absolute atomic E-state index is 0.106. The Morgan fingerprint density at radius 1 is 1.45 bits per heavy atom. The number of nitrogens with zero attached hydrogens (tertiary/aromatic N) is 1. The van der Waals surface area contributed by atoms with Crippen LogP contribution in [0.15, 0.2) is 24.3 Å². The van der Waals surface area contributed by atoms with Crippen LogP contribution in [-0.4, -0.2) is 30.4 Å². The van der Waals surface area contributed by atoms with Crippen LogP contribution in [0.1, 0.15) is 42.6 Å². The number of likely N-dealkylation sites (tertiary alicyclic amines) is 1. The van der Waals surface area contributed by atoms with Gasteiger partial charge in [-0.05, 0) is 36.5 Å². The zero-order chi connectivity index (χ0) is 14.6. The first-order chi connectivity index (χ1) is 9.52. The van der Waals surface area contributed by atoms with E-state index in [4.69, 9.17) is 5.73 Å². The van der Waals surface area contributed by atoms with Gasteiger partial charge in [0.05, 0.1) is 6.54 Å². The molecule has 2 rings (SSSR count).